The number of hydrogen-bond acceptors (Lipinski definition) is 1. The molecular weight excluding hydrogens is 641 g/mol. The summed E-state index contributed by atoms with van der Waals surface area (Å²) >= 11 is 0. The first-order chi connectivity index (χ1) is 26.1. The van der Waals surface area contributed by atoms with E-state index in [2.05, 4.69) is 190 Å². The van der Waals surface area contributed by atoms with E-state index in [1.165, 1.54) is 76.6 Å². The molecule has 10 rings (SSSR count). The second-order valence-electron chi connectivity index (χ2n) is 14.7. The summed E-state index contributed by atoms with van der Waals surface area (Å²) in [7, 11) is 0. The largest absolute Gasteiger partial charge is 0.455 e. The molecule has 1 heteroatoms. The van der Waals surface area contributed by atoms with Crippen molar-refractivity contribution in [1.29, 1.82) is 0 Å². The zero-order chi connectivity index (χ0) is 35.5. The molecule has 0 unspecified atom stereocenters. The second-order valence-corrected chi connectivity index (χ2v) is 14.7. The third-order valence-corrected chi connectivity index (χ3v) is 10.8. The Balaban J connectivity index is 1.20. The molecule has 1 heterocycles. The van der Waals surface area contributed by atoms with Gasteiger partial charge in [-0.1, -0.05) is 166 Å². The molecule has 0 bridgehead atoms. The van der Waals surface area contributed by atoms with Gasteiger partial charge in [-0.05, 0) is 113 Å². The van der Waals surface area contributed by atoms with E-state index < -0.39 is 0 Å². The monoisotopic (exact) mass is 678 g/mol. The van der Waals surface area contributed by atoms with Gasteiger partial charge in [0.25, 0.3) is 0 Å². The van der Waals surface area contributed by atoms with Crippen LogP contribution in [0.1, 0.15) is 19.4 Å². The molecule has 0 N–H and O–H groups in total. The van der Waals surface area contributed by atoms with E-state index in [1.807, 2.05) is 0 Å². The fourth-order valence-electron chi connectivity index (χ4n) is 8.54. The SMILES string of the molecule is CC(C)Cc1ccc2cc(-c3cccc(-c4ccc5c(-c6ccccc6)c6ccccc6c(-c6ccccc6)c5c4)c3)c3oc4ccccc4c3c2c1. The van der Waals surface area contributed by atoms with E-state index in [1.54, 1.807) is 0 Å². The molecule has 0 aliphatic carbocycles. The minimum atomic E-state index is 0.591. The Morgan fingerprint density at radius 1 is 0.415 bits per heavy atom. The number of para-hydroxylation sites is 1. The van der Waals surface area contributed by atoms with E-state index in [4.69, 9.17) is 4.42 Å². The van der Waals surface area contributed by atoms with E-state index in [-0.39, 0.29) is 0 Å². The van der Waals surface area contributed by atoms with E-state index in [0.29, 0.717) is 5.92 Å². The highest BCUT2D eigenvalue weighted by atomic mass is 16.3. The summed E-state index contributed by atoms with van der Waals surface area (Å²) in [4.78, 5) is 0. The minimum Gasteiger partial charge on any atom is -0.455 e. The molecule has 0 aliphatic rings. The van der Waals surface area contributed by atoms with Crippen LogP contribution in [0.5, 0.6) is 0 Å². The van der Waals surface area contributed by atoms with Gasteiger partial charge in [-0.3, -0.25) is 0 Å². The van der Waals surface area contributed by atoms with Crippen LogP contribution < -0.4 is 0 Å². The third kappa shape index (κ3) is 5.31. The smallest absolute Gasteiger partial charge is 0.143 e. The lowest BCUT2D eigenvalue weighted by Crippen LogP contribution is -1.94. The molecule has 0 saturated carbocycles. The van der Waals surface area contributed by atoms with Gasteiger partial charge in [0.05, 0.1) is 0 Å². The quantitative estimate of drug-likeness (QED) is 0.160. The molecule has 0 radical (unpaired) electrons. The van der Waals surface area contributed by atoms with Crippen molar-refractivity contribution in [2.45, 2.75) is 20.3 Å². The van der Waals surface area contributed by atoms with Gasteiger partial charge in [-0.25, -0.2) is 0 Å². The Hall–Kier alpha value is -6.44. The van der Waals surface area contributed by atoms with Crippen LogP contribution in [0.2, 0.25) is 0 Å². The van der Waals surface area contributed by atoms with E-state index in [9.17, 15) is 0 Å². The lowest BCUT2D eigenvalue weighted by atomic mass is 9.84. The van der Waals surface area contributed by atoms with Crippen molar-refractivity contribution in [2.24, 2.45) is 5.92 Å². The second kappa shape index (κ2) is 12.7. The van der Waals surface area contributed by atoms with Crippen molar-refractivity contribution in [3.63, 3.8) is 0 Å². The normalized spacial score (nSPS) is 11.8. The highest BCUT2D eigenvalue weighted by Gasteiger charge is 2.19. The number of benzene rings is 9. The Morgan fingerprint density at radius 2 is 1.00 bits per heavy atom. The fraction of sp³-hybridized carbons (Fsp3) is 0.0769. The molecule has 252 valence electrons. The Labute approximate surface area is 309 Å². The molecule has 0 fully saturated rings. The van der Waals surface area contributed by atoms with Crippen LogP contribution in [0.15, 0.2) is 180 Å². The molecule has 0 amide bonds. The maximum Gasteiger partial charge on any atom is 0.143 e. The van der Waals surface area contributed by atoms with Gasteiger partial charge in [0, 0.05) is 16.3 Å². The first kappa shape index (κ1) is 31.3. The van der Waals surface area contributed by atoms with Crippen LogP contribution in [0.25, 0.3) is 98.8 Å². The highest BCUT2D eigenvalue weighted by Crippen LogP contribution is 2.46. The van der Waals surface area contributed by atoms with Crippen molar-refractivity contribution in [1.82, 2.24) is 0 Å². The lowest BCUT2D eigenvalue weighted by Gasteiger charge is -2.19. The first-order valence-electron chi connectivity index (χ1n) is 18.7. The standard InChI is InChI=1S/C52H38O/c1-33(2)28-34-24-25-40-32-46(52-51(45(40)29-34)44-22-11-12-23-48(44)53-52)39-19-13-18-37(30-39)38-26-27-43-47(31-38)50(36-16-7-4-8-17-36)42-21-10-9-20-41(42)49(43)35-14-5-3-6-15-35/h3-27,29-33H,28H2,1-2H3. The zero-order valence-corrected chi connectivity index (χ0v) is 29.9. The van der Waals surface area contributed by atoms with Crippen LogP contribution in [0, 0.1) is 5.92 Å². The van der Waals surface area contributed by atoms with Gasteiger partial charge >= 0.3 is 0 Å². The molecule has 1 nitrogen and oxygen atoms in total. The predicted octanol–water partition coefficient (Wildman–Crippen LogP) is 14.9. The van der Waals surface area contributed by atoms with Crippen LogP contribution in [0.3, 0.4) is 0 Å². The maximum atomic E-state index is 6.73. The van der Waals surface area contributed by atoms with Crippen molar-refractivity contribution < 1.29 is 4.42 Å². The Bertz CT molecular complexity index is 2980. The summed E-state index contributed by atoms with van der Waals surface area (Å²) in [6, 6.07) is 64.3. The molecule has 0 aliphatic heterocycles. The summed E-state index contributed by atoms with van der Waals surface area (Å²) in [5, 5.41) is 9.88. The van der Waals surface area contributed by atoms with Crippen molar-refractivity contribution in [3.05, 3.63) is 181 Å². The average Bonchev–Trinajstić information content (AvgIpc) is 3.60. The molecule has 1 aromatic heterocycles. The molecule has 0 spiro atoms. The van der Waals surface area contributed by atoms with Crippen LogP contribution >= 0.6 is 0 Å². The summed E-state index contributed by atoms with van der Waals surface area (Å²) in [6.07, 6.45) is 1.05. The summed E-state index contributed by atoms with van der Waals surface area (Å²) in [5.74, 6) is 0.591. The Kier molecular flexibility index (Phi) is 7.47. The molecule has 0 atom stereocenters. The molecule has 53 heavy (non-hydrogen) atoms. The van der Waals surface area contributed by atoms with Gasteiger partial charge in [0.1, 0.15) is 11.2 Å². The maximum absolute atomic E-state index is 6.73. The van der Waals surface area contributed by atoms with Crippen molar-refractivity contribution >= 4 is 54.3 Å². The topological polar surface area (TPSA) is 13.1 Å². The number of fused-ring (bicyclic) bond motifs is 7. The van der Waals surface area contributed by atoms with E-state index >= 15 is 0 Å². The van der Waals surface area contributed by atoms with Crippen LogP contribution in [-0.2, 0) is 6.42 Å². The lowest BCUT2D eigenvalue weighted by molar-refractivity contribution is 0.648. The Morgan fingerprint density at radius 3 is 1.72 bits per heavy atom. The van der Waals surface area contributed by atoms with Gasteiger partial charge in [-0.15, -0.1) is 0 Å². The number of furan rings is 1. The first-order valence-corrected chi connectivity index (χ1v) is 18.7. The molecule has 9 aromatic carbocycles. The van der Waals surface area contributed by atoms with Crippen molar-refractivity contribution in [2.75, 3.05) is 0 Å². The minimum absolute atomic E-state index is 0.591. The highest BCUT2D eigenvalue weighted by molar-refractivity contribution is 6.23. The van der Waals surface area contributed by atoms with Crippen LogP contribution in [0.4, 0.5) is 0 Å². The van der Waals surface area contributed by atoms with Crippen molar-refractivity contribution in [3.8, 4) is 44.5 Å². The molecule has 0 saturated heterocycles. The third-order valence-electron chi connectivity index (χ3n) is 10.8. The van der Waals surface area contributed by atoms with Gasteiger partial charge in [0.2, 0.25) is 0 Å². The zero-order valence-electron chi connectivity index (χ0n) is 29.9. The molecule has 10 aromatic rings. The van der Waals surface area contributed by atoms with Crippen LogP contribution in [-0.4, -0.2) is 0 Å². The van der Waals surface area contributed by atoms with Gasteiger partial charge in [0.15, 0.2) is 0 Å². The summed E-state index contributed by atoms with van der Waals surface area (Å²) in [5.41, 5.74) is 12.8. The average molecular weight is 679 g/mol. The summed E-state index contributed by atoms with van der Waals surface area (Å²) < 4.78 is 6.73. The number of hydrogen-bond donors (Lipinski definition) is 0. The van der Waals surface area contributed by atoms with E-state index in [0.717, 1.165) is 34.1 Å². The summed E-state index contributed by atoms with van der Waals surface area (Å²) in [6.45, 7) is 4.57. The molecular formula is C52H38O. The van der Waals surface area contributed by atoms with Gasteiger partial charge < -0.3 is 4.42 Å². The van der Waals surface area contributed by atoms with Gasteiger partial charge in [-0.2, -0.15) is 0 Å². The predicted molar refractivity (Wildman–Crippen MR) is 227 cm³/mol. The fourth-order valence-corrected chi connectivity index (χ4v) is 8.54. The number of rotatable bonds is 6.